The third-order valence-electron chi connectivity index (χ3n) is 6.00. The molecule has 1 saturated carbocycles. The fraction of sp³-hybridized carbons (Fsp3) is 0.542. The molecular formula is C24H31ClN2O4S. The van der Waals surface area contributed by atoms with Crippen molar-refractivity contribution in [2.24, 2.45) is 0 Å². The molecule has 2 atom stereocenters. The van der Waals surface area contributed by atoms with Gasteiger partial charge < -0.3 is 19.5 Å². The van der Waals surface area contributed by atoms with Crippen molar-refractivity contribution in [1.82, 2.24) is 9.80 Å². The Morgan fingerprint density at radius 2 is 2.09 bits per heavy atom. The van der Waals surface area contributed by atoms with E-state index in [-0.39, 0.29) is 11.9 Å². The van der Waals surface area contributed by atoms with Gasteiger partial charge in [0.05, 0.1) is 25.3 Å². The van der Waals surface area contributed by atoms with Crippen LogP contribution in [0.15, 0.2) is 35.7 Å². The number of benzene rings is 1. The average Bonchev–Trinajstić information content (AvgIpc) is 3.53. The normalized spacial score (nSPS) is 19.1. The molecule has 1 fully saturated rings. The molecule has 2 aromatic rings. The fourth-order valence-corrected chi connectivity index (χ4v) is 5.26. The highest BCUT2D eigenvalue weighted by Gasteiger charge is 2.36. The number of hydrogen-bond donors (Lipinski definition) is 1. The van der Waals surface area contributed by atoms with Gasteiger partial charge in [-0.25, -0.2) is 0 Å². The monoisotopic (exact) mass is 478 g/mol. The molecule has 0 radical (unpaired) electrons. The standard InChI is InChI=1S/C24H31ClN2O4S/c1-2-30-15-19(28)13-26(18-5-6-18)14-24(29)27-11-9-23-21(10-12-32-23)22(27)16-31-20-7-3-17(25)4-8-20/h3-4,7-8,10,12,18-19,22,28H,2,5-6,9,11,13-16H2,1H3/t19-,22+/m1/s1. The van der Waals surface area contributed by atoms with Gasteiger partial charge in [0, 0.05) is 35.6 Å². The molecule has 2 aliphatic rings. The van der Waals surface area contributed by atoms with Gasteiger partial charge in [-0.05, 0) is 67.5 Å². The van der Waals surface area contributed by atoms with Crippen LogP contribution in [0.5, 0.6) is 5.75 Å². The van der Waals surface area contributed by atoms with Gasteiger partial charge in [0.15, 0.2) is 0 Å². The molecule has 32 heavy (non-hydrogen) atoms. The third-order valence-corrected chi connectivity index (χ3v) is 7.25. The maximum absolute atomic E-state index is 13.4. The van der Waals surface area contributed by atoms with Gasteiger partial charge in [-0.15, -0.1) is 11.3 Å². The third kappa shape index (κ3) is 6.02. The van der Waals surface area contributed by atoms with E-state index in [4.69, 9.17) is 21.1 Å². The topological polar surface area (TPSA) is 62.2 Å². The van der Waals surface area contributed by atoms with Gasteiger partial charge in [-0.3, -0.25) is 9.69 Å². The van der Waals surface area contributed by atoms with E-state index in [0.717, 1.165) is 25.0 Å². The van der Waals surface area contributed by atoms with E-state index in [1.807, 2.05) is 24.0 Å². The van der Waals surface area contributed by atoms with E-state index in [1.165, 1.54) is 10.4 Å². The largest absolute Gasteiger partial charge is 0.491 e. The van der Waals surface area contributed by atoms with Crippen LogP contribution in [-0.2, 0) is 16.0 Å². The molecule has 0 spiro atoms. The molecule has 0 bridgehead atoms. The van der Waals surface area contributed by atoms with Crippen molar-refractivity contribution < 1.29 is 19.4 Å². The van der Waals surface area contributed by atoms with Gasteiger partial charge in [0.2, 0.25) is 5.91 Å². The fourth-order valence-electron chi connectivity index (χ4n) is 4.20. The Labute approximate surface area is 198 Å². The summed E-state index contributed by atoms with van der Waals surface area (Å²) in [7, 11) is 0. The van der Waals surface area contributed by atoms with Crippen LogP contribution in [-0.4, -0.2) is 72.4 Å². The molecule has 8 heteroatoms. The van der Waals surface area contributed by atoms with Gasteiger partial charge in [-0.2, -0.15) is 0 Å². The molecular weight excluding hydrogens is 448 g/mol. The van der Waals surface area contributed by atoms with Crippen molar-refractivity contribution >= 4 is 28.8 Å². The van der Waals surface area contributed by atoms with E-state index in [2.05, 4.69) is 16.3 Å². The summed E-state index contributed by atoms with van der Waals surface area (Å²) >= 11 is 7.73. The summed E-state index contributed by atoms with van der Waals surface area (Å²) in [6.07, 6.45) is 2.43. The highest BCUT2D eigenvalue weighted by Crippen LogP contribution is 2.35. The van der Waals surface area contributed by atoms with Crippen LogP contribution in [0.2, 0.25) is 5.02 Å². The quantitative estimate of drug-likeness (QED) is 0.532. The van der Waals surface area contributed by atoms with Crippen molar-refractivity contribution in [2.45, 2.75) is 44.4 Å². The highest BCUT2D eigenvalue weighted by atomic mass is 35.5. The Hall–Kier alpha value is -1.64. The smallest absolute Gasteiger partial charge is 0.237 e. The maximum atomic E-state index is 13.4. The molecule has 1 aromatic carbocycles. The number of aliphatic hydroxyl groups is 1. The van der Waals surface area contributed by atoms with Crippen LogP contribution in [0, 0.1) is 0 Å². The summed E-state index contributed by atoms with van der Waals surface area (Å²) < 4.78 is 11.4. The molecule has 4 rings (SSSR count). The zero-order valence-electron chi connectivity index (χ0n) is 18.4. The van der Waals surface area contributed by atoms with Gasteiger partial charge in [0.25, 0.3) is 0 Å². The number of fused-ring (bicyclic) bond motifs is 1. The first-order valence-electron chi connectivity index (χ1n) is 11.3. The zero-order valence-corrected chi connectivity index (χ0v) is 20.0. The molecule has 1 aromatic heterocycles. The first kappa shape index (κ1) is 23.5. The van der Waals surface area contributed by atoms with E-state index in [1.54, 1.807) is 23.5 Å². The van der Waals surface area contributed by atoms with E-state index in [9.17, 15) is 9.90 Å². The number of halogens is 1. The highest BCUT2D eigenvalue weighted by molar-refractivity contribution is 7.10. The first-order valence-corrected chi connectivity index (χ1v) is 12.5. The van der Waals surface area contributed by atoms with Crippen LogP contribution < -0.4 is 4.74 Å². The summed E-state index contributed by atoms with van der Waals surface area (Å²) in [6.45, 7) is 4.63. The Bertz CT molecular complexity index is 886. The lowest BCUT2D eigenvalue weighted by atomic mass is 10.0. The molecule has 2 heterocycles. The van der Waals surface area contributed by atoms with Crippen LogP contribution in [0.4, 0.5) is 0 Å². The summed E-state index contributed by atoms with van der Waals surface area (Å²) in [5.74, 6) is 0.824. The molecule has 0 unspecified atom stereocenters. The predicted octanol–water partition coefficient (Wildman–Crippen LogP) is 3.77. The molecule has 0 saturated heterocycles. The minimum absolute atomic E-state index is 0.0852. The van der Waals surface area contributed by atoms with Crippen LogP contribution >= 0.6 is 22.9 Å². The SMILES string of the molecule is CCOC[C@H](O)CN(CC(=O)N1CCc2sccc2[C@@H]1COc1ccc(Cl)cc1)C1CC1. The summed E-state index contributed by atoms with van der Waals surface area (Å²) in [5, 5.41) is 13.1. The number of rotatable bonds is 11. The van der Waals surface area contributed by atoms with Crippen LogP contribution in [0.25, 0.3) is 0 Å². The number of carbonyl (C=O) groups is 1. The minimum Gasteiger partial charge on any atom is -0.491 e. The predicted molar refractivity (Wildman–Crippen MR) is 127 cm³/mol. The molecule has 1 aliphatic heterocycles. The van der Waals surface area contributed by atoms with E-state index in [0.29, 0.717) is 50.5 Å². The lowest BCUT2D eigenvalue weighted by Crippen LogP contribution is -2.48. The summed E-state index contributed by atoms with van der Waals surface area (Å²) in [4.78, 5) is 18.8. The van der Waals surface area contributed by atoms with Crippen LogP contribution in [0.1, 0.15) is 36.2 Å². The number of thiophene rings is 1. The van der Waals surface area contributed by atoms with Gasteiger partial charge in [-0.1, -0.05) is 11.6 Å². The second kappa shape index (κ2) is 11.0. The molecule has 1 aliphatic carbocycles. The molecule has 1 amide bonds. The summed E-state index contributed by atoms with van der Waals surface area (Å²) in [5.41, 5.74) is 1.18. The number of aliphatic hydroxyl groups excluding tert-OH is 1. The Morgan fingerprint density at radius 3 is 2.81 bits per heavy atom. The molecule has 1 N–H and O–H groups in total. The number of carbonyl (C=O) groups excluding carboxylic acids is 1. The van der Waals surface area contributed by atoms with Crippen molar-refractivity contribution in [3.05, 3.63) is 51.2 Å². The van der Waals surface area contributed by atoms with Crippen molar-refractivity contribution in [1.29, 1.82) is 0 Å². The van der Waals surface area contributed by atoms with E-state index >= 15 is 0 Å². The van der Waals surface area contributed by atoms with Crippen molar-refractivity contribution in [3.63, 3.8) is 0 Å². The average molecular weight is 479 g/mol. The lowest BCUT2D eigenvalue weighted by molar-refractivity contribution is -0.136. The Morgan fingerprint density at radius 1 is 1.31 bits per heavy atom. The van der Waals surface area contributed by atoms with Crippen molar-refractivity contribution in [2.75, 3.05) is 39.5 Å². The maximum Gasteiger partial charge on any atom is 0.237 e. The number of amides is 1. The number of ether oxygens (including phenoxy) is 2. The lowest BCUT2D eigenvalue weighted by Gasteiger charge is -2.37. The summed E-state index contributed by atoms with van der Waals surface area (Å²) in [6, 6.07) is 9.67. The second-order valence-electron chi connectivity index (χ2n) is 8.39. The Kier molecular flexibility index (Phi) is 8.07. The van der Waals surface area contributed by atoms with Gasteiger partial charge in [0.1, 0.15) is 12.4 Å². The number of hydrogen-bond acceptors (Lipinski definition) is 6. The minimum atomic E-state index is -0.586. The molecule has 174 valence electrons. The van der Waals surface area contributed by atoms with Crippen LogP contribution in [0.3, 0.4) is 0 Å². The zero-order chi connectivity index (χ0) is 22.5. The second-order valence-corrected chi connectivity index (χ2v) is 9.83. The van der Waals surface area contributed by atoms with E-state index < -0.39 is 6.10 Å². The first-order chi connectivity index (χ1) is 15.5. The Balaban J connectivity index is 1.43. The van der Waals surface area contributed by atoms with Gasteiger partial charge >= 0.3 is 0 Å². The van der Waals surface area contributed by atoms with Crippen molar-refractivity contribution in [3.8, 4) is 5.75 Å². The molecule has 6 nitrogen and oxygen atoms in total. The number of nitrogens with zero attached hydrogens (tertiary/aromatic N) is 2.